The van der Waals surface area contributed by atoms with E-state index in [-0.39, 0.29) is 23.1 Å². The first-order valence-corrected chi connectivity index (χ1v) is 9.59. The Morgan fingerprint density at radius 2 is 1.96 bits per heavy atom. The molecule has 0 spiro atoms. The molecule has 10 heteroatoms. The van der Waals surface area contributed by atoms with E-state index in [1.165, 1.54) is 26.4 Å². The molecule has 0 aliphatic carbocycles. The van der Waals surface area contributed by atoms with Crippen LogP contribution in [0.25, 0.3) is 11.4 Å². The van der Waals surface area contributed by atoms with Gasteiger partial charge in [-0.05, 0) is 24.3 Å². The van der Waals surface area contributed by atoms with Crippen molar-refractivity contribution in [3.63, 3.8) is 0 Å². The van der Waals surface area contributed by atoms with Crippen molar-refractivity contribution in [2.45, 2.75) is 11.4 Å². The fourth-order valence-corrected chi connectivity index (χ4v) is 3.65. The average molecular weight is 410 g/mol. The second kappa shape index (κ2) is 7.95. The molecule has 8 nitrogen and oxygen atoms in total. The van der Waals surface area contributed by atoms with Gasteiger partial charge in [0.1, 0.15) is 16.4 Å². The molecule has 0 unspecified atom stereocenters. The molecule has 1 heterocycles. The molecule has 0 saturated heterocycles. The second-order valence-electron chi connectivity index (χ2n) is 5.36. The maximum Gasteiger partial charge on any atom is 0.244 e. The molecular formula is C17H16ClN3O5S. The highest BCUT2D eigenvalue weighted by molar-refractivity contribution is 7.89. The summed E-state index contributed by atoms with van der Waals surface area (Å²) in [5, 5.41) is 4.37. The summed E-state index contributed by atoms with van der Waals surface area (Å²) in [6, 6.07) is 11.4. The zero-order valence-electron chi connectivity index (χ0n) is 14.5. The van der Waals surface area contributed by atoms with Gasteiger partial charge >= 0.3 is 0 Å². The number of methoxy groups -OCH3 is 2. The predicted octanol–water partition coefficient (Wildman–Crippen LogP) is 2.89. The summed E-state index contributed by atoms with van der Waals surface area (Å²) in [5.41, 5.74) is 0.662. The highest BCUT2D eigenvalue weighted by atomic mass is 35.5. The van der Waals surface area contributed by atoms with Crippen molar-refractivity contribution >= 4 is 21.6 Å². The van der Waals surface area contributed by atoms with Crippen molar-refractivity contribution in [3.05, 3.63) is 53.4 Å². The molecule has 3 rings (SSSR count). The summed E-state index contributed by atoms with van der Waals surface area (Å²) in [4.78, 5) is 4.12. The first-order chi connectivity index (χ1) is 12.9. The number of aromatic nitrogens is 2. The Labute approximate surface area is 161 Å². The fraction of sp³-hybridized carbons (Fsp3) is 0.176. The van der Waals surface area contributed by atoms with Gasteiger partial charge in [-0.25, -0.2) is 13.1 Å². The van der Waals surface area contributed by atoms with Gasteiger partial charge in [-0.1, -0.05) is 28.9 Å². The second-order valence-corrected chi connectivity index (χ2v) is 7.54. The molecule has 0 fully saturated rings. The highest BCUT2D eigenvalue weighted by Gasteiger charge is 2.21. The number of hydrogen-bond donors (Lipinski definition) is 1. The number of benzene rings is 2. The van der Waals surface area contributed by atoms with Gasteiger partial charge in [-0.15, -0.1) is 0 Å². The molecule has 1 N–H and O–H groups in total. The van der Waals surface area contributed by atoms with Gasteiger partial charge < -0.3 is 14.0 Å². The average Bonchev–Trinajstić information content (AvgIpc) is 3.15. The van der Waals surface area contributed by atoms with Crippen LogP contribution in [-0.4, -0.2) is 32.8 Å². The fourth-order valence-electron chi connectivity index (χ4n) is 2.30. The van der Waals surface area contributed by atoms with E-state index < -0.39 is 10.0 Å². The molecule has 0 radical (unpaired) electrons. The van der Waals surface area contributed by atoms with Crippen LogP contribution < -0.4 is 14.2 Å². The van der Waals surface area contributed by atoms with Gasteiger partial charge in [0.05, 0.1) is 20.8 Å². The van der Waals surface area contributed by atoms with Gasteiger partial charge in [0.15, 0.2) is 0 Å². The lowest BCUT2D eigenvalue weighted by molar-refractivity contribution is 0.375. The number of halogens is 1. The number of nitrogens with zero attached hydrogens (tertiary/aromatic N) is 2. The van der Waals surface area contributed by atoms with Gasteiger partial charge in [0.25, 0.3) is 0 Å². The van der Waals surface area contributed by atoms with Crippen molar-refractivity contribution in [3.8, 4) is 22.9 Å². The normalized spacial score (nSPS) is 11.4. The van der Waals surface area contributed by atoms with Gasteiger partial charge in [-0.3, -0.25) is 0 Å². The topological polar surface area (TPSA) is 104 Å². The summed E-state index contributed by atoms with van der Waals surface area (Å²) in [7, 11) is -1.07. The standard InChI is InChI=1S/C17H16ClN3O5S/c1-24-13-6-7-14(25-2)15(9-13)27(22,23)19-10-16-20-17(21-26-16)11-4-3-5-12(18)8-11/h3-9,19H,10H2,1-2H3. The molecule has 0 aliphatic heterocycles. The smallest absolute Gasteiger partial charge is 0.244 e. The summed E-state index contributed by atoms with van der Waals surface area (Å²) in [5.74, 6) is 0.992. The Bertz CT molecular complexity index is 1050. The van der Waals surface area contributed by atoms with Crippen LogP contribution in [0.5, 0.6) is 11.5 Å². The molecule has 1 aromatic heterocycles. The van der Waals surface area contributed by atoms with Crippen LogP contribution in [0.4, 0.5) is 0 Å². The summed E-state index contributed by atoms with van der Waals surface area (Å²) in [6.07, 6.45) is 0. The first kappa shape index (κ1) is 19.2. The third-order valence-electron chi connectivity index (χ3n) is 3.62. The van der Waals surface area contributed by atoms with E-state index in [1.54, 1.807) is 30.3 Å². The molecule has 0 atom stereocenters. The van der Waals surface area contributed by atoms with E-state index in [0.29, 0.717) is 22.2 Å². The van der Waals surface area contributed by atoms with Crippen molar-refractivity contribution in [1.82, 2.24) is 14.9 Å². The maximum atomic E-state index is 12.6. The molecule has 2 aromatic carbocycles. The van der Waals surface area contributed by atoms with Gasteiger partial charge in [0.2, 0.25) is 21.7 Å². The van der Waals surface area contributed by atoms with Crippen LogP contribution in [0.3, 0.4) is 0 Å². The Hall–Kier alpha value is -2.62. The van der Waals surface area contributed by atoms with Crippen LogP contribution in [0.15, 0.2) is 51.9 Å². The van der Waals surface area contributed by atoms with E-state index in [4.69, 9.17) is 25.6 Å². The molecule has 0 aliphatic rings. The monoisotopic (exact) mass is 409 g/mol. The van der Waals surface area contributed by atoms with Crippen molar-refractivity contribution in [2.75, 3.05) is 14.2 Å². The van der Waals surface area contributed by atoms with Gasteiger partial charge in [-0.2, -0.15) is 4.98 Å². The molecule has 0 saturated carbocycles. The molecular weight excluding hydrogens is 394 g/mol. The largest absolute Gasteiger partial charge is 0.497 e. The SMILES string of the molecule is COc1ccc(OC)c(S(=O)(=O)NCc2nc(-c3cccc(Cl)c3)no2)c1. The van der Waals surface area contributed by atoms with E-state index in [1.807, 2.05) is 0 Å². The molecule has 0 bridgehead atoms. The predicted molar refractivity (Wildman–Crippen MR) is 98.3 cm³/mol. The van der Waals surface area contributed by atoms with Crippen LogP contribution in [0.1, 0.15) is 5.89 Å². The van der Waals surface area contributed by atoms with E-state index in [0.717, 1.165) is 0 Å². The van der Waals surface area contributed by atoms with Gasteiger partial charge in [0, 0.05) is 16.7 Å². The van der Waals surface area contributed by atoms with Crippen LogP contribution >= 0.6 is 11.6 Å². The lowest BCUT2D eigenvalue weighted by Crippen LogP contribution is -2.24. The number of ether oxygens (including phenoxy) is 2. The Kier molecular flexibility index (Phi) is 5.64. The number of rotatable bonds is 7. The number of nitrogens with one attached hydrogen (secondary N) is 1. The first-order valence-electron chi connectivity index (χ1n) is 7.73. The van der Waals surface area contributed by atoms with Crippen LogP contribution in [0.2, 0.25) is 5.02 Å². The zero-order chi connectivity index (χ0) is 19.4. The summed E-state index contributed by atoms with van der Waals surface area (Å²) < 4.78 is 42.9. The number of sulfonamides is 1. The summed E-state index contributed by atoms with van der Waals surface area (Å²) >= 11 is 5.94. The van der Waals surface area contributed by atoms with Crippen LogP contribution in [0, 0.1) is 0 Å². The summed E-state index contributed by atoms with van der Waals surface area (Å²) in [6.45, 7) is -0.184. The maximum absolute atomic E-state index is 12.6. The van der Waals surface area contributed by atoms with E-state index >= 15 is 0 Å². The highest BCUT2D eigenvalue weighted by Crippen LogP contribution is 2.28. The molecule has 3 aromatic rings. The number of hydrogen-bond acceptors (Lipinski definition) is 7. The minimum absolute atomic E-state index is 0.0565. The zero-order valence-corrected chi connectivity index (χ0v) is 16.0. The van der Waals surface area contributed by atoms with E-state index in [2.05, 4.69) is 14.9 Å². The Morgan fingerprint density at radius 1 is 1.15 bits per heavy atom. The van der Waals surface area contributed by atoms with Crippen molar-refractivity contribution in [2.24, 2.45) is 0 Å². The minimum atomic E-state index is -3.90. The quantitative estimate of drug-likeness (QED) is 0.639. The van der Waals surface area contributed by atoms with Crippen molar-refractivity contribution < 1.29 is 22.4 Å². The lowest BCUT2D eigenvalue weighted by Gasteiger charge is -2.11. The van der Waals surface area contributed by atoms with Crippen LogP contribution in [-0.2, 0) is 16.6 Å². The Morgan fingerprint density at radius 3 is 2.67 bits per heavy atom. The third-order valence-corrected chi connectivity index (χ3v) is 5.28. The molecule has 142 valence electrons. The minimum Gasteiger partial charge on any atom is -0.497 e. The van der Waals surface area contributed by atoms with E-state index in [9.17, 15) is 8.42 Å². The third kappa shape index (κ3) is 4.38. The lowest BCUT2D eigenvalue weighted by atomic mass is 10.2. The molecule has 27 heavy (non-hydrogen) atoms. The Balaban J connectivity index is 1.79. The van der Waals surface area contributed by atoms with Crippen molar-refractivity contribution in [1.29, 1.82) is 0 Å². The molecule has 0 amide bonds.